The highest BCUT2D eigenvalue weighted by molar-refractivity contribution is 7.80. The van der Waals surface area contributed by atoms with E-state index in [4.69, 9.17) is 18.0 Å². The average Bonchev–Trinajstić information content (AvgIpc) is 2.86. The first-order chi connectivity index (χ1) is 10.1. The third kappa shape index (κ3) is 2.52. The van der Waals surface area contributed by atoms with Crippen LogP contribution in [0.3, 0.4) is 0 Å². The van der Waals surface area contributed by atoms with E-state index in [0.717, 1.165) is 28.6 Å². The number of fused-ring (bicyclic) bond motifs is 1. The van der Waals surface area contributed by atoms with Gasteiger partial charge in [0.05, 0.1) is 6.54 Å². The van der Waals surface area contributed by atoms with Crippen molar-refractivity contribution in [3.63, 3.8) is 0 Å². The first kappa shape index (κ1) is 13.7. The molecule has 5 heteroatoms. The summed E-state index contributed by atoms with van der Waals surface area (Å²) in [7, 11) is 0. The summed E-state index contributed by atoms with van der Waals surface area (Å²) in [6.07, 6.45) is 1.82. The second-order valence-electron chi connectivity index (χ2n) is 4.78. The normalized spacial score (nSPS) is 11.0. The number of nitrogens with two attached hydrogens (primary N) is 1. The highest BCUT2D eigenvalue weighted by atomic mass is 32.1. The maximum Gasteiger partial charge on any atom is 0.128 e. The lowest BCUT2D eigenvalue weighted by Crippen LogP contribution is -2.09. The fraction of sp³-hybridized carbons (Fsp3) is 0.0625. The van der Waals surface area contributed by atoms with Gasteiger partial charge in [-0.2, -0.15) is 0 Å². The minimum atomic E-state index is -0.452. The van der Waals surface area contributed by atoms with Crippen molar-refractivity contribution >= 4 is 28.1 Å². The maximum absolute atomic E-state index is 13.7. The minimum Gasteiger partial charge on any atom is -0.389 e. The summed E-state index contributed by atoms with van der Waals surface area (Å²) >= 11 is 5.03. The Morgan fingerprint density at radius 2 is 1.95 bits per heavy atom. The van der Waals surface area contributed by atoms with Crippen LogP contribution in [0.1, 0.15) is 11.1 Å². The van der Waals surface area contributed by atoms with Crippen molar-refractivity contribution in [3.8, 4) is 0 Å². The molecule has 0 fully saturated rings. The van der Waals surface area contributed by atoms with Gasteiger partial charge in [-0.3, -0.25) is 0 Å². The van der Waals surface area contributed by atoms with E-state index >= 15 is 0 Å². The van der Waals surface area contributed by atoms with E-state index < -0.39 is 11.6 Å². The van der Waals surface area contributed by atoms with Gasteiger partial charge >= 0.3 is 0 Å². The van der Waals surface area contributed by atoms with E-state index in [2.05, 4.69) is 0 Å². The van der Waals surface area contributed by atoms with Crippen LogP contribution in [0.15, 0.2) is 48.7 Å². The SMILES string of the molecule is NC(=S)c1cccc2c1ccn2Cc1cc(F)ccc1F. The number of aromatic nitrogens is 1. The predicted molar refractivity (Wildman–Crippen MR) is 83.3 cm³/mol. The second kappa shape index (κ2) is 5.26. The average molecular weight is 302 g/mol. The number of rotatable bonds is 3. The fourth-order valence-corrected chi connectivity index (χ4v) is 2.60. The number of halogens is 2. The molecule has 0 aliphatic rings. The Hall–Kier alpha value is -2.27. The van der Waals surface area contributed by atoms with Crippen LogP contribution in [0.25, 0.3) is 10.9 Å². The van der Waals surface area contributed by atoms with Gasteiger partial charge in [0.25, 0.3) is 0 Å². The van der Waals surface area contributed by atoms with Crippen molar-refractivity contribution < 1.29 is 8.78 Å². The van der Waals surface area contributed by atoms with Crippen molar-refractivity contribution in [2.45, 2.75) is 6.54 Å². The Morgan fingerprint density at radius 1 is 1.14 bits per heavy atom. The lowest BCUT2D eigenvalue weighted by molar-refractivity contribution is 0.579. The van der Waals surface area contributed by atoms with Crippen LogP contribution in [0.5, 0.6) is 0 Å². The first-order valence-electron chi connectivity index (χ1n) is 6.38. The van der Waals surface area contributed by atoms with Gasteiger partial charge in [-0.15, -0.1) is 0 Å². The van der Waals surface area contributed by atoms with Crippen molar-refractivity contribution in [2.75, 3.05) is 0 Å². The summed E-state index contributed by atoms with van der Waals surface area (Å²) in [6, 6.07) is 10.9. The van der Waals surface area contributed by atoms with Gasteiger partial charge < -0.3 is 10.3 Å². The molecule has 0 aliphatic heterocycles. The molecule has 21 heavy (non-hydrogen) atoms. The van der Waals surface area contributed by atoms with Crippen LogP contribution in [-0.2, 0) is 6.54 Å². The Morgan fingerprint density at radius 3 is 2.71 bits per heavy atom. The third-order valence-electron chi connectivity index (χ3n) is 3.43. The monoisotopic (exact) mass is 302 g/mol. The number of hydrogen-bond acceptors (Lipinski definition) is 1. The van der Waals surface area contributed by atoms with Crippen LogP contribution < -0.4 is 5.73 Å². The van der Waals surface area contributed by atoms with Gasteiger partial charge in [0.2, 0.25) is 0 Å². The zero-order valence-corrected chi connectivity index (χ0v) is 11.8. The van der Waals surface area contributed by atoms with Crippen molar-refractivity contribution in [1.82, 2.24) is 4.57 Å². The third-order valence-corrected chi connectivity index (χ3v) is 3.65. The molecule has 3 aromatic rings. The predicted octanol–water partition coefficient (Wildman–Crippen LogP) is 3.60. The molecule has 0 unspecified atom stereocenters. The molecule has 3 rings (SSSR count). The number of benzene rings is 2. The van der Waals surface area contributed by atoms with E-state index in [1.807, 2.05) is 35.0 Å². The molecule has 2 N–H and O–H groups in total. The minimum absolute atomic E-state index is 0.244. The quantitative estimate of drug-likeness (QED) is 0.749. The second-order valence-corrected chi connectivity index (χ2v) is 5.22. The van der Waals surface area contributed by atoms with E-state index in [0.29, 0.717) is 10.6 Å². The highest BCUT2D eigenvalue weighted by Crippen LogP contribution is 2.22. The summed E-state index contributed by atoms with van der Waals surface area (Å²) < 4.78 is 28.8. The molecule has 1 heterocycles. The first-order valence-corrected chi connectivity index (χ1v) is 6.78. The molecule has 0 bridgehead atoms. The lowest BCUT2D eigenvalue weighted by atomic mass is 10.1. The van der Waals surface area contributed by atoms with Crippen molar-refractivity contribution in [2.24, 2.45) is 5.73 Å². The number of hydrogen-bond donors (Lipinski definition) is 1. The molecule has 2 aromatic carbocycles. The zero-order chi connectivity index (χ0) is 15.0. The summed E-state index contributed by atoms with van der Waals surface area (Å²) in [6.45, 7) is 0.244. The fourth-order valence-electron chi connectivity index (χ4n) is 2.42. The van der Waals surface area contributed by atoms with E-state index in [9.17, 15) is 8.78 Å². The molecule has 0 amide bonds. The van der Waals surface area contributed by atoms with Crippen LogP contribution >= 0.6 is 12.2 Å². The molecular weight excluding hydrogens is 290 g/mol. The molecule has 106 valence electrons. The molecule has 0 spiro atoms. The maximum atomic E-state index is 13.7. The van der Waals surface area contributed by atoms with Crippen molar-refractivity contribution in [3.05, 3.63) is 71.4 Å². The molecule has 0 atom stereocenters. The van der Waals surface area contributed by atoms with E-state index in [1.54, 1.807) is 0 Å². The summed E-state index contributed by atoms with van der Waals surface area (Å²) in [5.41, 5.74) is 7.65. The van der Waals surface area contributed by atoms with Gasteiger partial charge in [0.1, 0.15) is 16.6 Å². The molecule has 0 radical (unpaired) electrons. The molecule has 0 aliphatic carbocycles. The summed E-state index contributed by atoms with van der Waals surface area (Å²) in [4.78, 5) is 0.315. The standard InChI is InChI=1S/C16H12F2N2S/c17-11-4-5-14(18)10(8-11)9-20-7-6-12-13(16(19)21)2-1-3-15(12)20/h1-8H,9H2,(H2,19,21). The molecule has 0 saturated heterocycles. The largest absolute Gasteiger partial charge is 0.389 e. The van der Waals surface area contributed by atoms with Crippen LogP contribution in [-0.4, -0.2) is 9.56 Å². The van der Waals surface area contributed by atoms with Gasteiger partial charge in [-0.05, 0) is 30.3 Å². The molecule has 2 nitrogen and oxygen atoms in total. The van der Waals surface area contributed by atoms with Gasteiger partial charge in [-0.1, -0.05) is 24.4 Å². The Labute approximate surface area is 125 Å². The van der Waals surface area contributed by atoms with Gasteiger partial charge in [0, 0.05) is 28.2 Å². The Kier molecular flexibility index (Phi) is 3.43. The Bertz CT molecular complexity index is 839. The van der Waals surface area contributed by atoms with Crippen LogP contribution in [0.4, 0.5) is 8.78 Å². The smallest absolute Gasteiger partial charge is 0.128 e. The molecule has 0 saturated carbocycles. The summed E-state index contributed by atoms with van der Waals surface area (Å²) in [5, 5.41) is 0.904. The lowest BCUT2D eigenvalue weighted by Gasteiger charge is -2.08. The van der Waals surface area contributed by atoms with Gasteiger partial charge in [-0.25, -0.2) is 8.78 Å². The summed E-state index contributed by atoms with van der Waals surface area (Å²) in [5.74, 6) is -0.879. The van der Waals surface area contributed by atoms with E-state index in [-0.39, 0.29) is 6.54 Å². The molecular formula is C16H12F2N2S. The van der Waals surface area contributed by atoms with Crippen molar-refractivity contribution in [1.29, 1.82) is 0 Å². The van der Waals surface area contributed by atoms with E-state index in [1.165, 1.54) is 6.07 Å². The molecule has 1 aromatic heterocycles. The van der Waals surface area contributed by atoms with Crippen LogP contribution in [0, 0.1) is 11.6 Å². The van der Waals surface area contributed by atoms with Gasteiger partial charge in [0.15, 0.2) is 0 Å². The topological polar surface area (TPSA) is 30.9 Å². The number of nitrogens with zero attached hydrogens (tertiary/aromatic N) is 1. The zero-order valence-electron chi connectivity index (χ0n) is 11.0. The number of thiocarbonyl (C=S) groups is 1. The van der Waals surface area contributed by atoms with Crippen LogP contribution in [0.2, 0.25) is 0 Å². The highest BCUT2D eigenvalue weighted by Gasteiger charge is 2.10. The Balaban J connectivity index is 2.08.